The van der Waals surface area contributed by atoms with Crippen molar-refractivity contribution in [2.45, 2.75) is 44.0 Å². The highest BCUT2D eigenvalue weighted by molar-refractivity contribution is 7.89. The van der Waals surface area contributed by atoms with Crippen LogP contribution in [0.1, 0.15) is 31.7 Å². The van der Waals surface area contributed by atoms with Gasteiger partial charge in [0.05, 0.1) is 17.5 Å². The quantitative estimate of drug-likeness (QED) is 0.745. The van der Waals surface area contributed by atoms with Crippen LogP contribution in [0, 0.1) is 12.8 Å². The maximum atomic E-state index is 12.9. The molecule has 6 heteroatoms. The van der Waals surface area contributed by atoms with Crippen molar-refractivity contribution >= 4 is 16.1 Å². The fourth-order valence-electron chi connectivity index (χ4n) is 2.74. The monoisotopic (exact) mass is 337 g/mol. The highest BCUT2D eigenvalue weighted by Gasteiger charge is 2.43. The van der Waals surface area contributed by atoms with Crippen LogP contribution in [0.25, 0.3) is 0 Å². The molecule has 1 aromatic carbocycles. The third-order valence-electron chi connectivity index (χ3n) is 4.10. The molecule has 126 valence electrons. The highest BCUT2D eigenvalue weighted by atomic mass is 32.2. The molecule has 0 radical (unpaired) electrons. The number of sulfonamides is 1. The second kappa shape index (κ2) is 7.17. The van der Waals surface area contributed by atoms with Crippen LogP contribution in [0.3, 0.4) is 0 Å². The number of hydrogen-bond acceptors (Lipinski definition) is 4. The number of carbonyl (C=O) groups is 1. The van der Waals surface area contributed by atoms with Gasteiger partial charge in [-0.3, -0.25) is 0 Å². The number of nitrogens with zero attached hydrogens (tertiary/aromatic N) is 1. The molecule has 1 saturated heterocycles. The zero-order valence-corrected chi connectivity index (χ0v) is 14.4. The Labute approximate surface area is 138 Å². The molecule has 0 aliphatic carbocycles. The second-order valence-electron chi connectivity index (χ2n) is 5.82. The fourth-order valence-corrected chi connectivity index (χ4v) is 4.28. The standard InChI is InChI=1S/C17H23NO4S/c1-4-6-7-14-12-22-17(19)18(16(14)5-2)23(20,21)15-10-8-13(3)9-11-15/h5,8-11,14,16H,2,4,6-7,12H2,1,3H3. The average Bonchev–Trinajstić information content (AvgIpc) is 2.53. The van der Waals surface area contributed by atoms with Gasteiger partial charge in [0.2, 0.25) is 0 Å². The molecule has 2 unspecified atom stereocenters. The van der Waals surface area contributed by atoms with E-state index in [4.69, 9.17) is 4.74 Å². The van der Waals surface area contributed by atoms with E-state index in [0.29, 0.717) is 0 Å². The summed E-state index contributed by atoms with van der Waals surface area (Å²) in [6, 6.07) is 5.86. The molecule has 0 N–H and O–H groups in total. The number of cyclic esters (lactones) is 1. The largest absolute Gasteiger partial charge is 0.448 e. The van der Waals surface area contributed by atoms with Gasteiger partial charge in [0.25, 0.3) is 10.0 Å². The summed E-state index contributed by atoms with van der Waals surface area (Å²) in [7, 11) is -3.96. The van der Waals surface area contributed by atoms with Crippen molar-refractivity contribution in [1.82, 2.24) is 4.31 Å². The van der Waals surface area contributed by atoms with Gasteiger partial charge in [-0.1, -0.05) is 43.5 Å². The predicted molar refractivity (Wildman–Crippen MR) is 88.6 cm³/mol. The third-order valence-corrected chi connectivity index (χ3v) is 5.88. The van der Waals surface area contributed by atoms with Crippen molar-refractivity contribution in [3.05, 3.63) is 42.5 Å². The summed E-state index contributed by atoms with van der Waals surface area (Å²) in [5.74, 6) is -0.0645. The molecule has 0 spiro atoms. The summed E-state index contributed by atoms with van der Waals surface area (Å²) in [6.07, 6.45) is 3.44. The van der Waals surface area contributed by atoms with Gasteiger partial charge < -0.3 is 4.74 Å². The van der Waals surface area contributed by atoms with E-state index in [9.17, 15) is 13.2 Å². The molecule has 1 fully saturated rings. The number of benzene rings is 1. The lowest BCUT2D eigenvalue weighted by atomic mass is 9.94. The van der Waals surface area contributed by atoms with E-state index in [-0.39, 0.29) is 17.4 Å². The van der Waals surface area contributed by atoms with Crippen molar-refractivity contribution in [2.24, 2.45) is 5.92 Å². The minimum absolute atomic E-state index is 0.0645. The van der Waals surface area contributed by atoms with Crippen LogP contribution in [-0.2, 0) is 14.8 Å². The molecule has 0 bridgehead atoms. The molecule has 2 rings (SSSR count). The Morgan fingerprint density at radius 2 is 2.00 bits per heavy atom. The first kappa shape index (κ1) is 17.5. The number of unbranched alkanes of at least 4 members (excludes halogenated alkanes) is 1. The Morgan fingerprint density at radius 1 is 1.35 bits per heavy atom. The SMILES string of the molecule is C=CC1C(CCCC)COC(=O)N1S(=O)(=O)c1ccc(C)cc1. The third kappa shape index (κ3) is 3.58. The molecule has 1 amide bonds. The van der Waals surface area contributed by atoms with Gasteiger partial charge in [-0.25, -0.2) is 13.2 Å². The Hall–Kier alpha value is -1.82. The molecule has 0 saturated carbocycles. The summed E-state index contributed by atoms with van der Waals surface area (Å²) >= 11 is 0. The van der Waals surface area contributed by atoms with E-state index in [1.807, 2.05) is 6.92 Å². The molecule has 1 aromatic rings. The number of hydrogen-bond donors (Lipinski definition) is 0. The Kier molecular flexibility index (Phi) is 5.46. The zero-order chi connectivity index (χ0) is 17.0. The van der Waals surface area contributed by atoms with E-state index < -0.39 is 22.2 Å². The summed E-state index contributed by atoms with van der Waals surface area (Å²) < 4.78 is 31.7. The predicted octanol–water partition coefficient (Wildman–Crippen LogP) is 3.50. The van der Waals surface area contributed by atoms with Crippen molar-refractivity contribution in [1.29, 1.82) is 0 Å². The summed E-state index contributed by atoms with van der Waals surface area (Å²) in [4.78, 5) is 12.2. The fraction of sp³-hybridized carbons (Fsp3) is 0.471. The van der Waals surface area contributed by atoms with Crippen LogP contribution in [0.2, 0.25) is 0 Å². The van der Waals surface area contributed by atoms with Crippen LogP contribution in [0.5, 0.6) is 0 Å². The Bertz CT molecular complexity index is 666. The molecular weight excluding hydrogens is 314 g/mol. The molecule has 0 aromatic heterocycles. The van der Waals surface area contributed by atoms with Crippen LogP contribution in [0.15, 0.2) is 41.8 Å². The zero-order valence-electron chi connectivity index (χ0n) is 13.6. The first-order valence-electron chi connectivity index (χ1n) is 7.82. The van der Waals surface area contributed by atoms with Crippen molar-refractivity contribution in [3.63, 3.8) is 0 Å². The van der Waals surface area contributed by atoms with Gasteiger partial charge in [0.1, 0.15) is 0 Å². The van der Waals surface area contributed by atoms with Crippen LogP contribution >= 0.6 is 0 Å². The van der Waals surface area contributed by atoms with Crippen molar-refractivity contribution < 1.29 is 17.9 Å². The molecular formula is C17H23NO4S. The summed E-state index contributed by atoms with van der Waals surface area (Å²) in [6.45, 7) is 7.91. The van der Waals surface area contributed by atoms with E-state index in [2.05, 4.69) is 13.5 Å². The highest BCUT2D eigenvalue weighted by Crippen LogP contribution is 2.30. The van der Waals surface area contributed by atoms with Crippen molar-refractivity contribution in [2.75, 3.05) is 6.61 Å². The van der Waals surface area contributed by atoms with E-state index >= 15 is 0 Å². The van der Waals surface area contributed by atoms with Gasteiger partial charge >= 0.3 is 6.09 Å². The van der Waals surface area contributed by atoms with E-state index in [1.165, 1.54) is 18.2 Å². The van der Waals surface area contributed by atoms with Crippen LogP contribution < -0.4 is 0 Å². The van der Waals surface area contributed by atoms with Gasteiger partial charge in [0.15, 0.2) is 0 Å². The maximum Gasteiger partial charge on any atom is 0.424 e. The van der Waals surface area contributed by atoms with Gasteiger partial charge in [-0.15, -0.1) is 6.58 Å². The summed E-state index contributed by atoms with van der Waals surface area (Å²) in [5.41, 5.74) is 0.950. The summed E-state index contributed by atoms with van der Waals surface area (Å²) in [5, 5.41) is 0. The lowest BCUT2D eigenvalue weighted by Crippen LogP contribution is -2.52. The molecule has 1 aliphatic rings. The minimum atomic E-state index is -3.96. The van der Waals surface area contributed by atoms with Gasteiger partial charge in [0, 0.05) is 5.92 Å². The molecule has 5 nitrogen and oxygen atoms in total. The smallest absolute Gasteiger partial charge is 0.424 e. The average molecular weight is 337 g/mol. The number of amides is 1. The Balaban J connectivity index is 2.38. The van der Waals surface area contributed by atoms with Crippen LogP contribution in [-0.4, -0.2) is 31.5 Å². The number of carbonyl (C=O) groups excluding carboxylic acids is 1. The molecule has 23 heavy (non-hydrogen) atoms. The van der Waals surface area contributed by atoms with Gasteiger partial charge in [-0.2, -0.15) is 4.31 Å². The topological polar surface area (TPSA) is 63.7 Å². The first-order chi connectivity index (χ1) is 10.9. The lowest BCUT2D eigenvalue weighted by molar-refractivity contribution is 0.0509. The maximum absolute atomic E-state index is 12.9. The van der Waals surface area contributed by atoms with Crippen molar-refractivity contribution in [3.8, 4) is 0 Å². The lowest BCUT2D eigenvalue weighted by Gasteiger charge is -2.37. The van der Waals surface area contributed by atoms with Crippen LogP contribution in [0.4, 0.5) is 4.79 Å². The Morgan fingerprint density at radius 3 is 2.57 bits per heavy atom. The second-order valence-corrected chi connectivity index (χ2v) is 7.63. The minimum Gasteiger partial charge on any atom is -0.448 e. The first-order valence-corrected chi connectivity index (χ1v) is 9.26. The van der Waals surface area contributed by atoms with Gasteiger partial charge in [-0.05, 0) is 25.5 Å². The molecule has 2 atom stereocenters. The van der Waals surface area contributed by atoms with E-state index in [0.717, 1.165) is 29.1 Å². The molecule has 1 aliphatic heterocycles. The molecule has 1 heterocycles. The number of ether oxygens (including phenoxy) is 1. The number of aryl methyl sites for hydroxylation is 1. The normalized spacial score (nSPS) is 21.8. The number of rotatable bonds is 6. The van der Waals surface area contributed by atoms with E-state index in [1.54, 1.807) is 12.1 Å².